The quantitative estimate of drug-likeness (QED) is 0.695. The fourth-order valence-corrected chi connectivity index (χ4v) is 5.25. The van der Waals surface area contributed by atoms with E-state index in [0.29, 0.717) is 43.3 Å². The molecule has 1 fully saturated rings. The highest BCUT2D eigenvalue weighted by molar-refractivity contribution is 7.89. The summed E-state index contributed by atoms with van der Waals surface area (Å²) in [5, 5.41) is 0. The number of carbonyl (C=O) groups is 1. The van der Waals surface area contributed by atoms with Crippen LogP contribution < -0.4 is 4.90 Å². The van der Waals surface area contributed by atoms with Gasteiger partial charge in [-0.2, -0.15) is 4.31 Å². The second kappa shape index (κ2) is 8.14. The van der Waals surface area contributed by atoms with Gasteiger partial charge in [-0.15, -0.1) is 0 Å². The van der Waals surface area contributed by atoms with Crippen LogP contribution >= 0.6 is 0 Å². The summed E-state index contributed by atoms with van der Waals surface area (Å²) in [6.07, 6.45) is 0.808. The number of esters is 1. The predicted octanol–water partition coefficient (Wildman–Crippen LogP) is 2.06. The maximum absolute atomic E-state index is 12.9. The molecule has 2 aromatic rings. The van der Waals surface area contributed by atoms with Gasteiger partial charge in [-0.25, -0.2) is 13.2 Å². The predicted molar refractivity (Wildman–Crippen MR) is 109 cm³/mol. The third-order valence-corrected chi connectivity index (χ3v) is 7.29. The normalized spacial score (nSPS) is 17.2. The summed E-state index contributed by atoms with van der Waals surface area (Å²) in [5.74, 6) is -0.350. The van der Waals surface area contributed by atoms with Gasteiger partial charge in [0.25, 0.3) is 0 Å². The van der Waals surface area contributed by atoms with Crippen molar-refractivity contribution in [2.75, 3.05) is 44.9 Å². The Kier molecular flexibility index (Phi) is 5.58. The fourth-order valence-electron chi connectivity index (χ4n) is 3.79. The lowest BCUT2D eigenvalue weighted by Gasteiger charge is -2.26. The Morgan fingerprint density at radius 2 is 1.79 bits per heavy atom. The zero-order chi connectivity index (χ0) is 20.4. The molecule has 0 unspecified atom stereocenters. The van der Waals surface area contributed by atoms with Crippen LogP contribution in [0.4, 0.5) is 5.69 Å². The lowest BCUT2D eigenvalue weighted by molar-refractivity contribution is 0.0600. The van der Waals surface area contributed by atoms with Crippen molar-refractivity contribution in [3.63, 3.8) is 0 Å². The molecule has 2 aliphatic rings. The highest BCUT2D eigenvalue weighted by atomic mass is 32.2. The summed E-state index contributed by atoms with van der Waals surface area (Å²) in [5.41, 5.74) is 3.71. The van der Waals surface area contributed by atoms with Crippen LogP contribution in [0, 0.1) is 0 Å². The van der Waals surface area contributed by atoms with Crippen LogP contribution in [0.2, 0.25) is 0 Å². The minimum atomic E-state index is -3.48. The van der Waals surface area contributed by atoms with E-state index in [1.165, 1.54) is 11.4 Å². The van der Waals surface area contributed by atoms with Crippen LogP contribution in [-0.4, -0.2) is 58.7 Å². The summed E-state index contributed by atoms with van der Waals surface area (Å²) in [7, 11) is -2.12. The number of carbonyl (C=O) groups excluding carboxylic acids is 1. The van der Waals surface area contributed by atoms with Crippen LogP contribution in [0.1, 0.15) is 21.5 Å². The molecule has 7 nitrogen and oxygen atoms in total. The topological polar surface area (TPSA) is 76.2 Å². The fraction of sp³-hybridized carbons (Fsp3) is 0.381. The maximum atomic E-state index is 12.9. The van der Waals surface area contributed by atoms with E-state index in [2.05, 4.69) is 4.90 Å². The smallest absolute Gasteiger partial charge is 0.337 e. The zero-order valence-corrected chi connectivity index (χ0v) is 17.2. The highest BCUT2D eigenvalue weighted by Gasteiger charge is 2.28. The Morgan fingerprint density at radius 1 is 1.07 bits per heavy atom. The Hall–Kier alpha value is -2.42. The molecule has 2 heterocycles. The van der Waals surface area contributed by atoms with Gasteiger partial charge in [0, 0.05) is 31.9 Å². The number of hydrogen-bond donors (Lipinski definition) is 0. The van der Waals surface area contributed by atoms with E-state index in [1.807, 2.05) is 18.2 Å². The van der Waals surface area contributed by atoms with E-state index >= 15 is 0 Å². The van der Waals surface area contributed by atoms with Gasteiger partial charge in [-0.05, 0) is 47.9 Å². The molecule has 0 bridgehead atoms. The van der Waals surface area contributed by atoms with Crippen molar-refractivity contribution in [2.24, 2.45) is 0 Å². The lowest BCUT2D eigenvalue weighted by Crippen LogP contribution is -2.40. The molecular weight excluding hydrogens is 392 g/mol. The van der Waals surface area contributed by atoms with Crippen LogP contribution in [-0.2, 0) is 32.5 Å². The van der Waals surface area contributed by atoms with E-state index in [9.17, 15) is 13.2 Å². The van der Waals surface area contributed by atoms with Crippen LogP contribution in [0.25, 0.3) is 0 Å². The minimum absolute atomic E-state index is 0.349. The third-order valence-electron chi connectivity index (χ3n) is 5.40. The minimum Gasteiger partial charge on any atom is -0.465 e. The Balaban J connectivity index is 1.50. The van der Waals surface area contributed by atoms with Crippen molar-refractivity contribution >= 4 is 21.7 Å². The van der Waals surface area contributed by atoms with E-state index in [1.54, 1.807) is 24.3 Å². The maximum Gasteiger partial charge on any atom is 0.337 e. The molecule has 0 atom stereocenters. The number of ether oxygens (including phenoxy) is 2. The van der Waals surface area contributed by atoms with Gasteiger partial charge in [0.2, 0.25) is 10.0 Å². The highest BCUT2D eigenvalue weighted by Crippen LogP contribution is 2.32. The molecule has 0 aliphatic carbocycles. The first kappa shape index (κ1) is 19.9. The SMILES string of the molecule is COC(=O)c1ccc(CN2CCc3cc(S(=O)(=O)N4CCOCC4)ccc32)cc1. The summed E-state index contributed by atoms with van der Waals surface area (Å²) >= 11 is 0. The average molecular weight is 416 g/mol. The number of hydrogen-bond acceptors (Lipinski definition) is 6. The van der Waals surface area contributed by atoms with Crippen LogP contribution in [0.5, 0.6) is 0 Å². The van der Waals surface area contributed by atoms with Crippen LogP contribution in [0.3, 0.4) is 0 Å². The number of nitrogens with zero attached hydrogens (tertiary/aromatic N) is 2. The van der Waals surface area contributed by atoms with Gasteiger partial charge in [0.05, 0.1) is 30.8 Å². The molecule has 154 valence electrons. The first-order valence-corrected chi connectivity index (χ1v) is 11.1. The van der Waals surface area contributed by atoms with Crippen molar-refractivity contribution in [1.82, 2.24) is 4.31 Å². The molecule has 29 heavy (non-hydrogen) atoms. The van der Waals surface area contributed by atoms with E-state index in [0.717, 1.165) is 29.8 Å². The molecule has 0 spiro atoms. The lowest BCUT2D eigenvalue weighted by atomic mass is 10.1. The van der Waals surface area contributed by atoms with E-state index in [4.69, 9.17) is 9.47 Å². The van der Waals surface area contributed by atoms with Crippen molar-refractivity contribution in [2.45, 2.75) is 17.9 Å². The van der Waals surface area contributed by atoms with E-state index in [-0.39, 0.29) is 5.97 Å². The summed E-state index contributed by atoms with van der Waals surface area (Å²) in [6.45, 7) is 3.19. The molecule has 0 amide bonds. The number of rotatable bonds is 5. The third kappa shape index (κ3) is 4.01. The monoisotopic (exact) mass is 416 g/mol. The second-order valence-electron chi connectivity index (χ2n) is 7.17. The van der Waals surface area contributed by atoms with Gasteiger partial charge < -0.3 is 14.4 Å². The van der Waals surface area contributed by atoms with Crippen molar-refractivity contribution in [3.05, 3.63) is 59.2 Å². The van der Waals surface area contributed by atoms with Crippen molar-refractivity contribution in [3.8, 4) is 0 Å². The van der Waals surface area contributed by atoms with Crippen molar-refractivity contribution in [1.29, 1.82) is 0 Å². The number of anilines is 1. The van der Waals surface area contributed by atoms with Gasteiger partial charge in [0.15, 0.2) is 0 Å². The van der Waals surface area contributed by atoms with E-state index < -0.39 is 10.0 Å². The Morgan fingerprint density at radius 3 is 2.48 bits per heavy atom. The molecule has 2 aromatic carbocycles. The summed E-state index contributed by atoms with van der Waals surface area (Å²) in [4.78, 5) is 14.1. The Bertz CT molecular complexity index is 998. The van der Waals surface area contributed by atoms with Crippen molar-refractivity contribution < 1.29 is 22.7 Å². The molecule has 1 saturated heterocycles. The molecule has 0 saturated carbocycles. The first-order valence-electron chi connectivity index (χ1n) is 9.62. The number of morpholine rings is 1. The van der Waals surface area contributed by atoms with Gasteiger partial charge in [-0.3, -0.25) is 0 Å². The second-order valence-corrected chi connectivity index (χ2v) is 9.10. The van der Waals surface area contributed by atoms with Crippen LogP contribution in [0.15, 0.2) is 47.4 Å². The average Bonchev–Trinajstić information content (AvgIpc) is 3.16. The summed E-state index contributed by atoms with van der Waals surface area (Å²) in [6, 6.07) is 12.8. The molecule has 8 heteroatoms. The van der Waals surface area contributed by atoms with Gasteiger partial charge >= 0.3 is 5.97 Å². The molecule has 0 aromatic heterocycles. The number of benzene rings is 2. The summed E-state index contributed by atoms with van der Waals surface area (Å²) < 4.78 is 37.3. The largest absolute Gasteiger partial charge is 0.465 e. The number of sulfonamides is 1. The molecule has 2 aliphatic heterocycles. The standard InChI is InChI=1S/C21H24N2O5S/c1-27-21(24)17-4-2-16(3-5-17)15-22-9-8-18-14-19(6-7-20(18)22)29(25,26)23-10-12-28-13-11-23/h2-7,14H,8-13,15H2,1H3. The number of fused-ring (bicyclic) bond motifs is 1. The Labute approximate surface area is 170 Å². The van der Waals surface area contributed by atoms with Gasteiger partial charge in [0.1, 0.15) is 0 Å². The first-order chi connectivity index (χ1) is 14.0. The molecule has 4 rings (SSSR count). The molecule has 0 N–H and O–H groups in total. The van der Waals surface area contributed by atoms with Gasteiger partial charge in [-0.1, -0.05) is 12.1 Å². The molecular formula is C21H24N2O5S. The number of methoxy groups -OCH3 is 1. The molecule has 0 radical (unpaired) electrons. The zero-order valence-electron chi connectivity index (χ0n) is 16.3.